The van der Waals surface area contributed by atoms with Crippen molar-refractivity contribution < 1.29 is 19.0 Å². The maximum atomic E-state index is 12.4. The third-order valence-corrected chi connectivity index (χ3v) is 4.40. The summed E-state index contributed by atoms with van der Waals surface area (Å²) in [6, 6.07) is 10.7. The third-order valence-electron chi connectivity index (χ3n) is 3.47. The van der Waals surface area contributed by atoms with Crippen LogP contribution in [0.4, 0.5) is 5.13 Å². The zero-order valence-electron chi connectivity index (χ0n) is 13.5. The fourth-order valence-electron chi connectivity index (χ4n) is 2.31. The fourth-order valence-corrected chi connectivity index (χ4v) is 3.18. The topological polar surface area (TPSA) is 69.7 Å². The standard InChI is InChI=1S/C17H16N2O4S/c1-21-12-7-5-4-6-10(12)16(20)19-17-18-11-8-13(22-2)14(23-3)9-15(11)24-17/h4-9H,1-3H3,(H,18,19,20). The number of aromatic nitrogens is 1. The van der Waals surface area contributed by atoms with Crippen LogP contribution in [0.3, 0.4) is 0 Å². The number of rotatable bonds is 5. The van der Waals surface area contributed by atoms with E-state index >= 15 is 0 Å². The van der Waals surface area contributed by atoms with Gasteiger partial charge in [-0.25, -0.2) is 4.98 Å². The van der Waals surface area contributed by atoms with Gasteiger partial charge >= 0.3 is 0 Å². The third kappa shape index (κ3) is 2.98. The number of amides is 1. The lowest BCUT2D eigenvalue weighted by Gasteiger charge is -2.06. The predicted octanol–water partition coefficient (Wildman–Crippen LogP) is 3.57. The first-order chi connectivity index (χ1) is 11.7. The molecule has 1 heterocycles. The summed E-state index contributed by atoms with van der Waals surface area (Å²) in [4.78, 5) is 16.9. The van der Waals surface area contributed by atoms with Gasteiger partial charge in [0.1, 0.15) is 5.75 Å². The number of para-hydroxylation sites is 1. The van der Waals surface area contributed by atoms with E-state index in [0.29, 0.717) is 27.9 Å². The monoisotopic (exact) mass is 344 g/mol. The summed E-state index contributed by atoms with van der Waals surface area (Å²) in [6.45, 7) is 0. The van der Waals surface area contributed by atoms with E-state index in [2.05, 4.69) is 10.3 Å². The van der Waals surface area contributed by atoms with Crippen LogP contribution in [0.15, 0.2) is 36.4 Å². The van der Waals surface area contributed by atoms with Gasteiger partial charge < -0.3 is 14.2 Å². The number of nitrogens with one attached hydrogen (secondary N) is 1. The molecule has 0 saturated heterocycles. The second-order valence-electron chi connectivity index (χ2n) is 4.85. The Morgan fingerprint density at radius 3 is 2.38 bits per heavy atom. The summed E-state index contributed by atoms with van der Waals surface area (Å²) >= 11 is 1.36. The summed E-state index contributed by atoms with van der Waals surface area (Å²) in [5, 5.41) is 3.30. The lowest BCUT2D eigenvalue weighted by Crippen LogP contribution is -2.12. The van der Waals surface area contributed by atoms with Crippen LogP contribution in [0.1, 0.15) is 10.4 Å². The van der Waals surface area contributed by atoms with Gasteiger partial charge in [-0.3, -0.25) is 10.1 Å². The molecule has 0 unspecified atom stereocenters. The Hall–Kier alpha value is -2.80. The van der Waals surface area contributed by atoms with Gasteiger partial charge in [0.05, 0.1) is 37.1 Å². The van der Waals surface area contributed by atoms with Crippen LogP contribution in [0.25, 0.3) is 10.2 Å². The van der Waals surface area contributed by atoms with E-state index in [1.54, 1.807) is 38.5 Å². The molecule has 0 atom stereocenters. The molecule has 0 aliphatic heterocycles. The fraction of sp³-hybridized carbons (Fsp3) is 0.176. The molecule has 24 heavy (non-hydrogen) atoms. The number of hydrogen-bond donors (Lipinski definition) is 1. The number of thiazole rings is 1. The van der Waals surface area contributed by atoms with Crippen molar-refractivity contribution in [2.24, 2.45) is 0 Å². The summed E-state index contributed by atoms with van der Waals surface area (Å²) in [6.07, 6.45) is 0. The van der Waals surface area contributed by atoms with Gasteiger partial charge in [-0.2, -0.15) is 0 Å². The van der Waals surface area contributed by atoms with Crippen LogP contribution >= 0.6 is 11.3 Å². The first kappa shape index (κ1) is 16.1. The molecule has 124 valence electrons. The van der Waals surface area contributed by atoms with Gasteiger partial charge in [0.25, 0.3) is 5.91 Å². The molecule has 1 N–H and O–H groups in total. The number of nitrogens with zero attached hydrogens (tertiary/aromatic N) is 1. The zero-order valence-corrected chi connectivity index (χ0v) is 14.3. The van der Waals surface area contributed by atoms with Gasteiger partial charge in [0, 0.05) is 12.1 Å². The molecule has 6 nitrogen and oxygen atoms in total. The first-order valence-corrected chi connectivity index (χ1v) is 7.95. The maximum Gasteiger partial charge on any atom is 0.261 e. The van der Waals surface area contributed by atoms with Crippen LogP contribution in [0.5, 0.6) is 17.2 Å². The quantitative estimate of drug-likeness (QED) is 0.766. The van der Waals surface area contributed by atoms with Crippen LogP contribution in [0, 0.1) is 0 Å². The van der Waals surface area contributed by atoms with E-state index in [1.807, 2.05) is 12.1 Å². The predicted molar refractivity (Wildman–Crippen MR) is 93.7 cm³/mol. The molecular weight excluding hydrogens is 328 g/mol. The second-order valence-corrected chi connectivity index (χ2v) is 5.88. The highest BCUT2D eigenvalue weighted by Gasteiger charge is 2.15. The molecule has 3 rings (SSSR count). The zero-order chi connectivity index (χ0) is 17.1. The van der Waals surface area contributed by atoms with E-state index in [-0.39, 0.29) is 5.91 Å². The van der Waals surface area contributed by atoms with Crippen LogP contribution in [-0.2, 0) is 0 Å². The Labute approximate surface area is 143 Å². The highest BCUT2D eigenvalue weighted by Crippen LogP contribution is 2.36. The molecule has 0 spiro atoms. The Bertz CT molecular complexity index is 850. The Morgan fingerprint density at radius 1 is 1.00 bits per heavy atom. The minimum absolute atomic E-state index is 0.273. The molecule has 7 heteroatoms. The molecule has 0 saturated carbocycles. The molecule has 3 aromatic rings. The van der Waals surface area contributed by atoms with E-state index in [1.165, 1.54) is 18.4 Å². The molecule has 0 fully saturated rings. The number of ether oxygens (including phenoxy) is 3. The smallest absolute Gasteiger partial charge is 0.261 e. The highest BCUT2D eigenvalue weighted by molar-refractivity contribution is 7.22. The van der Waals surface area contributed by atoms with Crippen molar-refractivity contribution >= 4 is 32.6 Å². The van der Waals surface area contributed by atoms with E-state index in [4.69, 9.17) is 14.2 Å². The maximum absolute atomic E-state index is 12.4. The Morgan fingerprint density at radius 2 is 1.67 bits per heavy atom. The van der Waals surface area contributed by atoms with Gasteiger partial charge in [-0.05, 0) is 12.1 Å². The van der Waals surface area contributed by atoms with Crippen molar-refractivity contribution in [1.82, 2.24) is 4.98 Å². The van der Waals surface area contributed by atoms with Crippen molar-refractivity contribution in [3.05, 3.63) is 42.0 Å². The van der Waals surface area contributed by atoms with Crippen molar-refractivity contribution in [2.45, 2.75) is 0 Å². The van der Waals surface area contributed by atoms with Crippen molar-refractivity contribution in [2.75, 3.05) is 26.6 Å². The Balaban J connectivity index is 1.91. The largest absolute Gasteiger partial charge is 0.496 e. The normalized spacial score (nSPS) is 10.5. The summed E-state index contributed by atoms with van der Waals surface area (Å²) in [7, 11) is 4.68. The molecule has 0 bridgehead atoms. The number of hydrogen-bond acceptors (Lipinski definition) is 6. The Kier molecular flexibility index (Phi) is 4.52. The highest BCUT2D eigenvalue weighted by atomic mass is 32.1. The van der Waals surface area contributed by atoms with Crippen LogP contribution in [0.2, 0.25) is 0 Å². The van der Waals surface area contributed by atoms with Crippen molar-refractivity contribution in [3.63, 3.8) is 0 Å². The van der Waals surface area contributed by atoms with Crippen molar-refractivity contribution in [3.8, 4) is 17.2 Å². The molecule has 1 amide bonds. The minimum Gasteiger partial charge on any atom is -0.496 e. The number of methoxy groups -OCH3 is 3. The van der Waals surface area contributed by atoms with E-state index < -0.39 is 0 Å². The second kappa shape index (κ2) is 6.76. The van der Waals surface area contributed by atoms with E-state index in [9.17, 15) is 4.79 Å². The molecule has 1 aromatic heterocycles. The van der Waals surface area contributed by atoms with Gasteiger partial charge in [0.2, 0.25) is 0 Å². The average Bonchev–Trinajstić information content (AvgIpc) is 3.01. The number of carbonyl (C=O) groups is 1. The van der Waals surface area contributed by atoms with Gasteiger partial charge in [-0.15, -0.1) is 0 Å². The van der Waals surface area contributed by atoms with Crippen molar-refractivity contribution in [1.29, 1.82) is 0 Å². The van der Waals surface area contributed by atoms with Gasteiger partial charge in [-0.1, -0.05) is 23.5 Å². The molecule has 0 aliphatic rings. The van der Waals surface area contributed by atoms with Gasteiger partial charge in [0.15, 0.2) is 16.6 Å². The lowest BCUT2D eigenvalue weighted by atomic mass is 10.2. The molecule has 0 radical (unpaired) electrons. The number of anilines is 1. The molecular formula is C17H16N2O4S. The van der Waals surface area contributed by atoms with Crippen LogP contribution < -0.4 is 19.5 Å². The summed E-state index contributed by atoms with van der Waals surface area (Å²) in [5.74, 6) is 1.46. The first-order valence-electron chi connectivity index (χ1n) is 7.13. The average molecular weight is 344 g/mol. The molecule has 0 aliphatic carbocycles. The van der Waals surface area contributed by atoms with E-state index in [0.717, 1.165) is 10.2 Å². The SMILES string of the molecule is COc1cc2nc(NC(=O)c3ccccc3OC)sc2cc1OC. The molecule has 2 aromatic carbocycles. The van der Waals surface area contributed by atoms with Crippen LogP contribution in [-0.4, -0.2) is 32.2 Å². The number of carbonyl (C=O) groups excluding carboxylic acids is 1. The number of benzene rings is 2. The summed E-state index contributed by atoms with van der Waals surface area (Å²) < 4.78 is 16.7. The number of fused-ring (bicyclic) bond motifs is 1. The summed E-state index contributed by atoms with van der Waals surface area (Å²) in [5.41, 5.74) is 1.18. The minimum atomic E-state index is -0.273. The lowest BCUT2D eigenvalue weighted by molar-refractivity contribution is 0.102.